The molecule has 0 aliphatic heterocycles. The van der Waals surface area contributed by atoms with Gasteiger partial charge in [0.1, 0.15) is 0 Å². The van der Waals surface area contributed by atoms with Gasteiger partial charge in [0.05, 0.1) is 6.61 Å². The summed E-state index contributed by atoms with van der Waals surface area (Å²) in [6.45, 7) is 7.47. The Balaban J connectivity index is 3.32. The lowest BCUT2D eigenvalue weighted by Gasteiger charge is -2.18. The number of hydrogen-bond acceptors (Lipinski definition) is 3. The molecule has 0 aromatic carbocycles. The van der Waals surface area contributed by atoms with Crippen LogP contribution in [0, 0.1) is 0 Å². The Hall–Kier alpha value is -0.380. The summed E-state index contributed by atoms with van der Waals surface area (Å²) in [5, 5.41) is 8.85. The second-order valence-corrected chi connectivity index (χ2v) is 3.87. The van der Waals surface area contributed by atoms with Crippen molar-refractivity contribution in [3.05, 3.63) is 12.7 Å². The third-order valence-corrected chi connectivity index (χ3v) is 2.48. The molecule has 0 aromatic rings. The van der Waals surface area contributed by atoms with Crippen LogP contribution in [0.1, 0.15) is 32.1 Å². The molecule has 0 atom stereocenters. The zero-order valence-electron chi connectivity index (χ0n) is 9.83. The fourth-order valence-corrected chi connectivity index (χ4v) is 1.63. The van der Waals surface area contributed by atoms with E-state index in [0.717, 1.165) is 32.6 Å². The molecule has 0 aromatic heterocycles. The molecular weight excluding hydrogens is 188 g/mol. The van der Waals surface area contributed by atoms with Crippen molar-refractivity contribution in [3.8, 4) is 0 Å². The van der Waals surface area contributed by atoms with Crippen molar-refractivity contribution in [3.63, 3.8) is 0 Å². The number of hydrogen-bond donors (Lipinski definition) is 2. The van der Waals surface area contributed by atoms with Crippen LogP contribution in [0.3, 0.4) is 0 Å². The van der Waals surface area contributed by atoms with Gasteiger partial charge in [-0.05, 0) is 25.9 Å². The summed E-state index contributed by atoms with van der Waals surface area (Å²) in [5.41, 5.74) is 5.42. The highest BCUT2D eigenvalue weighted by Crippen LogP contribution is 2.03. The lowest BCUT2D eigenvalue weighted by atomic mass is 10.1. The fraction of sp³-hybridized carbons (Fsp3) is 0.833. The smallest absolute Gasteiger partial charge is 0.0558 e. The maximum absolute atomic E-state index is 8.85. The van der Waals surface area contributed by atoms with Gasteiger partial charge >= 0.3 is 0 Å². The summed E-state index contributed by atoms with van der Waals surface area (Å²) in [6.07, 6.45) is 8.03. The number of nitrogens with zero attached hydrogens (tertiary/aromatic N) is 1. The Morgan fingerprint density at radius 3 is 2.33 bits per heavy atom. The van der Waals surface area contributed by atoms with Gasteiger partial charge in [-0.3, -0.25) is 4.90 Å². The average molecular weight is 214 g/mol. The zero-order chi connectivity index (χ0) is 11.4. The summed E-state index contributed by atoms with van der Waals surface area (Å²) < 4.78 is 0. The van der Waals surface area contributed by atoms with Crippen LogP contribution in [0.4, 0.5) is 0 Å². The molecule has 0 aliphatic carbocycles. The molecule has 0 rings (SSSR count). The van der Waals surface area contributed by atoms with Gasteiger partial charge in [0.15, 0.2) is 0 Å². The van der Waals surface area contributed by atoms with Gasteiger partial charge in [0.2, 0.25) is 0 Å². The Morgan fingerprint density at radius 2 is 1.73 bits per heavy atom. The van der Waals surface area contributed by atoms with Crippen LogP contribution in [-0.2, 0) is 0 Å². The molecule has 0 saturated heterocycles. The molecule has 0 spiro atoms. The lowest BCUT2D eigenvalue weighted by molar-refractivity contribution is 0.206. The lowest BCUT2D eigenvalue weighted by Crippen LogP contribution is -2.28. The molecule has 90 valence electrons. The minimum atomic E-state index is 0.237. The van der Waals surface area contributed by atoms with Crippen molar-refractivity contribution in [1.82, 2.24) is 4.90 Å². The largest absolute Gasteiger partial charge is 0.395 e. The van der Waals surface area contributed by atoms with E-state index in [0.29, 0.717) is 0 Å². The normalized spacial score (nSPS) is 10.9. The minimum Gasteiger partial charge on any atom is -0.395 e. The Kier molecular flexibility index (Phi) is 11.4. The van der Waals surface area contributed by atoms with Crippen molar-refractivity contribution in [2.45, 2.75) is 32.1 Å². The van der Waals surface area contributed by atoms with Gasteiger partial charge in [0, 0.05) is 13.1 Å². The van der Waals surface area contributed by atoms with Crippen molar-refractivity contribution >= 4 is 0 Å². The van der Waals surface area contributed by atoms with Crippen molar-refractivity contribution < 1.29 is 5.11 Å². The number of rotatable bonds is 11. The first kappa shape index (κ1) is 14.6. The van der Waals surface area contributed by atoms with Crippen LogP contribution >= 0.6 is 0 Å². The maximum atomic E-state index is 8.85. The van der Waals surface area contributed by atoms with Crippen LogP contribution in [0.15, 0.2) is 12.7 Å². The van der Waals surface area contributed by atoms with Crippen LogP contribution in [-0.4, -0.2) is 42.8 Å². The number of nitrogens with two attached hydrogens (primary N) is 1. The van der Waals surface area contributed by atoms with Crippen molar-refractivity contribution in [2.24, 2.45) is 5.73 Å². The minimum absolute atomic E-state index is 0.237. The molecule has 15 heavy (non-hydrogen) atoms. The molecule has 3 nitrogen and oxygen atoms in total. The fourth-order valence-electron chi connectivity index (χ4n) is 1.63. The first-order valence-corrected chi connectivity index (χ1v) is 5.99. The predicted octanol–water partition coefficient (Wildman–Crippen LogP) is 1.38. The van der Waals surface area contributed by atoms with E-state index in [-0.39, 0.29) is 6.61 Å². The first-order chi connectivity index (χ1) is 7.35. The second kappa shape index (κ2) is 11.7. The van der Waals surface area contributed by atoms with Gasteiger partial charge in [-0.15, -0.1) is 6.58 Å². The van der Waals surface area contributed by atoms with E-state index in [9.17, 15) is 0 Å². The molecule has 0 amide bonds. The van der Waals surface area contributed by atoms with Gasteiger partial charge in [-0.25, -0.2) is 0 Å². The van der Waals surface area contributed by atoms with E-state index in [4.69, 9.17) is 10.8 Å². The van der Waals surface area contributed by atoms with Crippen LogP contribution in [0.25, 0.3) is 0 Å². The van der Waals surface area contributed by atoms with Gasteiger partial charge in [-0.1, -0.05) is 25.3 Å². The van der Waals surface area contributed by atoms with E-state index >= 15 is 0 Å². The van der Waals surface area contributed by atoms with Gasteiger partial charge in [-0.2, -0.15) is 0 Å². The summed E-state index contributed by atoms with van der Waals surface area (Å²) in [6, 6.07) is 0. The number of unbranched alkanes of at least 4 members (excludes halogenated alkanes) is 4. The average Bonchev–Trinajstić information content (AvgIpc) is 2.24. The standard InChI is InChI=1S/C12H26N2O/c1-2-9-14(11-12-15)10-7-5-3-4-6-8-13/h2,15H,1,3-13H2. The molecular formula is C12H26N2O. The second-order valence-electron chi connectivity index (χ2n) is 3.87. The monoisotopic (exact) mass is 214 g/mol. The zero-order valence-corrected chi connectivity index (χ0v) is 9.83. The Labute approximate surface area is 94.0 Å². The van der Waals surface area contributed by atoms with Gasteiger partial charge in [0.25, 0.3) is 0 Å². The number of aliphatic hydroxyl groups is 1. The predicted molar refractivity (Wildman–Crippen MR) is 65.9 cm³/mol. The topological polar surface area (TPSA) is 49.5 Å². The molecule has 0 heterocycles. The molecule has 3 heteroatoms. The molecule has 0 saturated carbocycles. The maximum Gasteiger partial charge on any atom is 0.0558 e. The molecule has 3 N–H and O–H groups in total. The summed E-state index contributed by atoms with van der Waals surface area (Å²) >= 11 is 0. The summed E-state index contributed by atoms with van der Waals surface area (Å²) in [4.78, 5) is 2.23. The Bertz CT molecular complexity index is 140. The summed E-state index contributed by atoms with van der Waals surface area (Å²) in [7, 11) is 0. The Morgan fingerprint density at radius 1 is 1.07 bits per heavy atom. The highest BCUT2D eigenvalue weighted by Gasteiger charge is 2.00. The first-order valence-electron chi connectivity index (χ1n) is 5.99. The molecule has 0 unspecified atom stereocenters. The summed E-state index contributed by atoms with van der Waals surface area (Å²) in [5.74, 6) is 0. The van der Waals surface area contributed by atoms with E-state index in [2.05, 4.69) is 11.5 Å². The highest BCUT2D eigenvalue weighted by atomic mass is 16.3. The quantitative estimate of drug-likeness (QED) is 0.403. The third-order valence-electron chi connectivity index (χ3n) is 2.48. The molecule has 0 aliphatic rings. The number of aliphatic hydroxyl groups excluding tert-OH is 1. The SMILES string of the molecule is C=CCN(CCO)CCCCCCCN. The third kappa shape index (κ3) is 9.91. The van der Waals surface area contributed by atoms with Crippen LogP contribution in [0.5, 0.6) is 0 Å². The van der Waals surface area contributed by atoms with Crippen LogP contribution in [0.2, 0.25) is 0 Å². The van der Waals surface area contributed by atoms with Crippen molar-refractivity contribution in [2.75, 3.05) is 32.8 Å². The van der Waals surface area contributed by atoms with E-state index < -0.39 is 0 Å². The molecule has 0 bridgehead atoms. The van der Waals surface area contributed by atoms with Gasteiger partial charge < -0.3 is 10.8 Å². The highest BCUT2D eigenvalue weighted by molar-refractivity contribution is 4.73. The van der Waals surface area contributed by atoms with E-state index in [1.54, 1.807) is 0 Å². The van der Waals surface area contributed by atoms with Crippen molar-refractivity contribution in [1.29, 1.82) is 0 Å². The van der Waals surface area contributed by atoms with E-state index in [1.165, 1.54) is 25.7 Å². The molecule has 0 fully saturated rings. The molecule has 0 radical (unpaired) electrons. The van der Waals surface area contributed by atoms with Crippen LogP contribution < -0.4 is 5.73 Å². The van der Waals surface area contributed by atoms with E-state index in [1.807, 2.05) is 6.08 Å².